The van der Waals surface area contributed by atoms with Crippen LogP contribution in [0.1, 0.15) is 28.4 Å². The summed E-state index contributed by atoms with van der Waals surface area (Å²) in [7, 11) is -3.72. The zero-order chi connectivity index (χ0) is 20.1. The van der Waals surface area contributed by atoms with Crippen LogP contribution >= 0.6 is 0 Å². The maximum atomic E-state index is 12.5. The number of carbonyl (C=O) groups excluding carboxylic acids is 1. The van der Waals surface area contributed by atoms with Gasteiger partial charge in [0.15, 0.2) is 0 Å². The van der Waals surface area contributed by atoms with E-state index in [0.29, 0.717) is 16.9 Å². The summed E-state index contributed by atoms with van der Waals surface area (Å²) in [6.45, 7) is 3.96. The molecule has 28 heavy (non-hydrogen) atoms. The van der Waals surface area contributed by atoms with Crippen molar-refractivity contribution in [3.63, 3.8) is 0 Å². The number of sulfonamides is 1. The highest BCUT2D eigenvalue weighted by atomic mass is 32.2. The summed E-state index contributed by atoms with van der Waals surface area (Å²) in [5.74, 6) is -0.292. The Balaban J connectivity index is 1.71. The lowest BCUT2D eigenvalue weighted by atomic mass is 10.1. The number of rotatable bonds is 6. The van der Waals surface area contributed by atoms with E-state index in [0.717, 1.165) is 12.0 Å². The molecule has 0 saturated carbocycles. The molecule has 0 aliphatic carbocycles. The fourth-order valence-electron chi connectivity index (χ4n) is 2.74. The molecule has 1 amide bonds. The molecule has 5 nitrogen and oxygen atoms in total. The van der Waals surface area contributed by atoms with Crippen LogP contribution in [-0.4, -0.2) is 14.3 Å². The molecule has 0 aliphatic heterocycles. The van der Waals surface area contributed by atoms with E-state index < -0.39 is 10.0 Å². The van der Waals surface area contributed by atoms with Gasteiger partial charge in [-0.2, -0.15) is 0 Å². The summed E-state index contributed by atoms with van der Waals surface area (Å²) in [6, 6.07) is 20.6. The average molecular weight is 394 g/mol. The summed E-state index contributed by atoms with van der Waals surface area (Å²) in [5.41, 5.74) is 3.72. The maximum Gasteiger partial charge on any atom is 0.261 e. The van der Waals surface area contributed by atoms with E-state index in [-0.39, 0.29) is 10.8 Å². The van der Waals surface area contributed by atoms with Crippen molar-refractivity contribution in [3.8, 4) is 0 Å². The normalized spacial score (nSPS) is 11.1. The zero-order valence-corrected chi connectivity index (χ0v) is 16.6. The second kappa shape index (κ2) is 8.27. The van der Waals surface area contributed by atoms with E-state index >= 15 is 0 Å². The van der Waals surface area contributed by atoms with Gasteiger partial charge in [0.2, 0.25) is 0 Å². The molecule has 0 atom stereocenters. The van der Waals surface area contributed by atoms with Crippen LogP contribution in [0.25, 0.3) is 0 Å². The molecule has 144 valence electrons. The van der Waals surface area contributed by atoms with Crippen molar-refractivity contribution in [3.05, 3.63) is 89.5 Å². The number of benzene rings is 3. The van der Waals surface area contributed by atoms with Crippen molar-refractivity contribution in [1.82, 2.24) is 0 Å². The molecule has 0 spiro atoms. The molecular weight excluding hydrogens is 372 g/mol. The summed E-state index contributed by atoms with van der Waals surface area (Å²) >= 11 is 0. The van der Waals surface area contributed by atoms with Crippen LogP contribution in [0.15, 0.2) is 77.7 Å². The lowest BCUT2D eigenvalue weighted by molar-refractivity contribution is 0.102. The molecule has 0 fully saturated rings. The van der Waals surface area contributed by atoms with Gasteiger partial charge in [-0.15, -0.1) is 0 Å². The second-order valence-corrected chi connectivity index (χ2v) is 8.19. The number of aryl methyl sites for hydroxylation is 2. The minimum Gasteiger partial charge on any atom is -0.322 e. The Morgan fingerprint density at radius 2 is 1.57 bits per heavy atom. The highest BCUT2D eigenvalue weighted by Gasteiger charge is 2.15. The second-order valence-electron chi connectivity index (χ2n) is 6.50. The van der Waals surface area contributed by atoms with Crippen molar-refractivity contribution in [2.75, 3.05) is 10.0 Å². The molecule has 3 rings (SSSR count). The molecular formula is C22H22N2O3S. The van der Waals surface area contributed by atoms with E-state index in [9.17, 15) is 13.2 Å². The van der Waals surface area contributed by atoms with Crippen LogP contribution in [0.3, 0.4) is 0 Å². The molecule has 0 aliphatic rings. The van der Waals surface area contributed by atoms with E-state index in [1.807, 2.05) is 37.3 Å². The number of anilines is 2. The average Bonchev–Trinajstić information content (AvgIpc) is 2.68. The molecule has 3 aromatic carbocycles. The molecule has 0 unspecified atom stereocenters. The van der Waals surface area contributed by atoms with Crippen LogP contribution in [0.4, 0.5) is 11.4 Å². The van der Waals surface area contributed by atoms with Gasteiger partial charge in [0.25, 0.3) is 15.9 Å². The van der Waals surface area contributed by atoms with Gasteiger partial charge in [-0.3, -0.25) is 9.52 Å². The van der Waals surface area contributed by atoms with Crippen molar-refractivity contribution in [1.29, 1.82) is 0 Å². The summed E-state index contributed by atoms with van der Waals surface area (Å²) < 4.78 is 27.6. The quantitative estimate of drug-likeness (QED) is 0.641. The molecule has 0 bridgehead atoms. The van der Waals surface area contributed by atoms with Crippen molar-refractivity contribution in [2.24, 2.45) is 0 Å². The largest absolute Gasteiger partial charge is 0.322 e. The fraction of sp³-hybridized carbons (Fsp3) is 0.136. The predicted octanol–water partition coefficient (Wildman–Crippen LogP) is 4.61. The lowest BCUT2D eigenvalue weighted by Crippen LogP contribution is -2.15. The molecule has 0 aromatic heterocycles. The number of amides is 1. The Morgan fingerprint density at radius 3 is 2.18 bits per heavy atom. The molecule has 0 radical (unpaired) electrons. The first-order valence-corrected chi connectivity index (χ1v) is 10.5. The Morgan fingerprint density at radius 1 is 0.893 bits per heavy atom. The summed E-state index contributed by atoms with van der Waals surface area (Å²) in [4.78, 5) is 12.5. The fourth-order valence-corrected chi connectivity index (χ4v) is 3.78. The Kier molecular flexibility index (Phi) is 5.80. The number of carbonyl (C=O) groups is 1. The highest BCUT2D eigenvalue weighted by molar-refractivity contribution is 7.92. The Hall–Kier alpha value is -3.12. The van der Waals surface area contributed by atoms with Gasteiger partial charge in [0.05, 0.1) is 4.90 Å². The van der Waals surface area contributed by atoms with E-state index in [4.69, 9.17) is 0 Å². The Bertz CT molecular complexity index is 1070. The first kappa shape index (κ1) is 19.6. The van der Waals surface area contributed by atoms with Gasteiger partial charge >= 0.3 is 0 Å². The minimum atomic E-state index is -3.72. The third kappa shape index (κ3) is 4.78. The first-order chi connectivity index (χ1) is 13.4. The number of hydrogen-bond donors (Lipinski definition) is 2. The van der Waals surface area contributed by atoms with Gasteiger partial charge in [-0.25, -0.2) is 8.42 Å². The number of hydrogen-bond acceptors (Lipinski definition) is 3. The maximum absolute atomic E-state index is 12.5. The topological polar surface area (TPSA) is 75.3 Å². The minimum absolute atomic E-state index is 0.0952. The molecule has 0 heterocycles. The van der Waals surface area contributed by atoms with E-state index in [1.54, 1.807) is 18.2 Å². The van der Waals surface area contributed by atoms with E-state index in [1.165, 1.54) is 29.8 Å². The monoisotopic (exact) mass is 394 g/mol. The first-order valence-electron chi connectivity index (χ1n) is 8.97. The zero-order valence-electron chi connectivity index (χ0n) is 15.8. The van der Waals surface area contributed by atoms with Gasteiger partial charge in [-0.1, -0.05) is 31.2 Å². The van der Waals surface area contributed by atoms with Gasteiger partial charge < -0.3 is 5.32 Å². The van der Waals surface area contributed by atoms with E-state index in [2.05, 4.69) is 17.0 Å². The highest BCUT2D eigenvalue weighted by Crippen LogP contribution is 2.18. The van der Waals surface area contributed by atoms with Crippen molar-refractivity contribution >= 4 is 27.3 Å². The molecule has 6 heteroatoms. The smallest absolute Gasteiger partial charge is 0.261 e. The standard InChI is InChI=1S/C22H22N2O3S/c1-3-17-7-11-19(12-8-17)23-22(25)18-9-13-21(14-10-18)28(26,27)24-20-6-4-5-16(2)15-20/h4-15,24H,3H2,1-2H3,(H,23,25). The number of nitrogens with one attached hydrogen (secondary N) is 2. The predicted molar refractivity (Wildman–Crippen MR) is 112 cm³/mol. The third-order valence-corrected chi connectivity index (χ3v) is 5.71. The molecule has 0 saturated heterocycles. The van der Waals surface area contributed by atoms with Crippen LogP contribution in [0.2, 0.25) is 0 Å². The van der Waals surface area contributed by atoms with Crippen LogP contribution in [0.5, 0.6) is 0 Å². The Labute approximate surface area is 165 Å². The van der Waals surface area contributed by atoms with Crippen LogP contribution in [0, 0.1) is 6.92 Å². The van der Waals surface area contributed by atoms with Crippen molar-refractivity contribution in [2.45, 2.75) is 25.2 Å². The van der Waals surface area contributed by atoms with Crippen LogP contribution in [-0.2, 0) is 16.4 Å². The van der Waals surface area contributed by atoms with Crippen LogP contribution < -0.4 is 10.0 Å². The SMILES string of the molecule is CCc1ccc(NC(=O)c2ccc(S(=O)(=O)Nc3cccc(C)c3)cc2)cc1. The van der Waals surface area contributed by atoms with Crippen molar-refractivity contribution < 1.29 is 13.2 Å². The van der Waals surface area contributed by atoms with Gasteiger partial charge in [0, 0.05) is 16.9 Å². The summed E-state index contributed by atoms with van der Waals surface area (Å²) in [6.07, 6.45) is 0.931. The molecule has 3 aromatic rings. The lowest BCUT2D eigenvalue weighted by Gasteiger charge is -2.10. The third-order valence-electron chi connectivity index (χ3n) is 4.32. The van der Waals surface area contributed by atoms with Gasteiger partial charge in [0.1, 0.15) is 0 Å². The molecule has 2 N–H and O–H groups in total. The van der Waals surface area contributed by atoms with Gasteiger partial charge in [-0.05, 0) is 73.0 Å². The summed E-state index contributed by atoms with van der Waals surface area (Å²) in [5, 5.41) is 2.81.